The first-order chi connectivity index (χ1) is 14.6. The van der Waals surface area contributed by atoms with Crippen LogP contribution in [0.4, 0.5) is 16.2 Å². The molecule has 2 aromatic rings. The first-order valence-corrected chi connectivity index (χ1v) is 10.4. The van der Waals surface area contributed by atoms with E-state index in [1.54, 1.807) is 12.0 Å². The minimum Gasteiger partial charge on any atom is -0.495 e. The Morgan fingerprint density at radius 2 is 1.90 bits per heavy atom. The largest absolute Gasteiger partial charge is 0.495 e. The van der Waals surface area contributed by atoms with Crippen molar-refractivity contribution in [3.05, 3.63) is 54.1 Å². The molecule has 30 heavy (non-hydrogen) atoms. The van der Waals surface area contributed by atoms with Crippen LogP contribution in [0, 0.1) is 0 Å². The van der Waals surface area contributed by atoms with Gasteiger partial charge in [-0.2, -0.15) is 0 Å². The Hall–Kier alpha value is -2.93. The molecule has 7 heteroatoms. The number of rotatable bonds is 4. The summed E-state index contributed by atoms with van der Waals surface area (Å²) in [5.74, 6) is 0.689. The quantitative estimate of drug-likeness (QED) is 0.778. The molecule has 2 saturated heterocycles. The molecule has 0 bridgehead atoms. The van der Waals surface area contributed by atoms with Gasteiger partial charge in [0.25, 0.3) is 0 Å². The average molecular weight is 412 g/mol. The molecular weight excluding hydrogens is 382 g/mol. The summed E-state index contributed by atoms with van der Waals surface area (Å²) >= 11 is 0. The van der Waals surface area contributed by atoms with Gasteiger partial charge in [0.1, 0.15) is 12.4 Å². The van der Waals surface area contributed by atoms with Gasteiger partial charge in [0, 0.05) is 31.4 Å². The molecule has 1 spiro atoms. The van der Waals surface area contributed by atoms with E-state index in [0.29, 0.717) is 31.1 Å². The van der Waals surface area contributed by atoms with Gasteiger partial charge < -0.3 is 29.7 Å². The van der Waals surface area contributed by atoms with Crippen molar-refractivity contribution in [3.8, 4) is 5.75 Å². The van der Waals surface area contributed by atoms with Crippen LogP contribution in [0.3, 0.4) is 0 Å². The van der Waals surface area contributed by atoms with Gasteiger partial charge in [0.05, 0.1) is 31.5 Å². The van der Waals surface area contributed by atoms with Gasteiger partial charge in [0.2, 0.25) is 0 Å². The van der Waals surface area contributed by atoms with Crippen molar-refractivity contribution in [2.75, 3.05) is 50.5 Å². The Balaban J connectivity index is 1.34. The molecule has 0 radical (unpaired) electrons. The molecule has 160 valence electrons. The highest BCUT2D eigenvalue weighted by Crippen LogP contribution is 2.34. The summed E-state index contributed by atoms with van der Waals surface area (Å²) in [4.78, 5) is 16.7. The number of nitrogens with two attached hydrogens (primary N) is 1. The highest BCUT2D eigenvalue weighted by Gasteiger charge is 2.41. The second-order valence-corrected chi connectivity index (χ2v) is 7.91. The predicted molar refractivity (Wildman–Crippen MR) is 116 cm³/mol. The Morgan fingerprint density at radius 1 is 1.13 bits per heavy atom. The number of anilines is 2. The van der Waals surface area contributed by atoms with E-state index in [2.05, 4.69) is 4.90 Å². The van der Waals surface area contributed by atoms with Crippen molar-refractivity contribution >= 4 is 17.5 Å². The van der Waals surface area contributed by atoms with E-state index in [-0.39, 0.29) is 18.3 Å². The van der Waals surface area contributed by atoms with Crippen molar-refractivity contribution in [2.45, 2.75) is 25.0 Å². The summed E-state index contributed by atoms with van der Waals surface area (Å²) in [6, 6.07) is 15.6. The van der Waals surface area contributed by atoms with Gasteiger partial charge in [-0.1, -0.05) is 30.3 Å². The molecule has 0 saturated carbocycles. The van der Waals surface area contributed by atoms with Gasteiger partial charge in [0.15, 0.2) is 0 Å². The molecule has 2 N–H and O–H groups in total. The molecule has 0 aromatic heterocycles. The summed E-state index contributed by atoms with van der Waals surface area (Å²) in [6.45, 7) is 3.65. The molecule has 2 aliphatic rings. The van der Waals surface area contributed by atoms with Gasteiger partial charge in [-0.05, 0) is 30.5 Å². The summed E-state index contributed by atoms with van der Waals surface area (Å²) in [6.07, 6.45) is 1.43. The maximum absolute atomic E-state index is 12.6. The van der Waals surface area contributed by atoms with Crippen LogP contribution in [0.15, 0.2) is 48.5 Å². The lowest BCUT2D eigenvalue weighted by Gasteiger charge is -2.47. The maximum atomic E-state index is 12.6. The van der Waals surface area contributed by atoms with E-state index in [1.807, 2.05) is 48.5 Å². The van der Waals surface area contributed by atoms with Crippen LogP contribution in [0.5, 0.6) is 5.75 Å². The van der Waals surface area contributed by atoms with Crippen molar-refractivity contribution < 1.29 is 19.0 Å². The minimum absolute atomic E-state index is 0.271. The number of methoxy groups -OCH3 is 1. The van der Waals surface area contributed by atoms with Crippen molar-refractivity contribution in [1.29, 1.82) is 0 Å². The number of carbonyl (C=O) groups is 1. The highest BCUT2D eigenvalue weighted by molar-refractivity contribution is 5.68. The van der Waals surface area contributed by atoms with E-state index in [1.165, 1.54) is 0 Å². The molecule has 1 amide bonds. The third kappa shape index (κ3) is 4.46. The van der Waals surface area contributed by atoms with Crippen LogP contribution >= 0.6 is 0 Å². The zero-order chi connectivity index (χ0) is 21.0. The van der Waals surface area contributed by atoms with Gasteiger partial charge in [-0.3, -0.25) is 0 Å². The smallest absolute Gasteiger partial charge is 0.410 e. The monoisotopic (exact) mass is 411 g/mol. The van der Waals surface area contributed by atoms with Crippen LogP contribution in [0.2, 0.25) is 0 Å². The highest BCUT2D eigenvalue weighted by atomic mass is 16.6. The van der Waals surface area contributed by atoms with Crippen LogP contribution in [0.25, 0.3) is 0 Å². The normalized spacial score (nSPS) is 18.3. The third-order valence-corrected chi connectivity index (χ3v) is 5.97. The fourth-order valence-electron chi connectivity index (χ4n) is 4.18. The number of ether oxygens (including phenoxy) is 3. The lowest BCUT2D eigenvalue weighted by atomic mass is 9.89. The summed E-state index contributed by atoms with van der Waals surface area (Å²) in [7, 11) is 1.63. The molecule has 2 aromatic carbocycles. The second-order valence-electron chi connectivity index (χ2n) is 7.91. The van der Waals surface area contributed by atoms with Gasteiger partial charge in [-0.25, -0.2) is 4.79 Å². The zero-order valence-electron chi connectivity index (χ0n) is 17.4. The number of nitrogens with zero attached hydrogens (tertiary/aromatic N) is 2. The van der Waals surface area contributed by atoms with Crippen LogP contribution in [-0.4, -0.2) is 56.5 Å². The predicted octanol–water partition coefficient (Wildman–Crippen LogP) is 3.29. The fraction of sp³-hybridized carbons (Fsp3) is 0.435. The molecule has 0 unspecified atom stereocenters. The van der Waals surface area contributed by atoms with Gasteiger partial charge in [-0.15, -0.1) is 0 Å². The lowest BCUT2D eigenvalue weighted by molar-refractivity contribution is -0.115. The number of hydrogen-bond donors (Lipinski definition) is 1. The Bertz CT molecular complexity index is 866. The van der Waals surface area contributed by atoms with Crippen LogP contribution in [-0.2, 0) is 16.1 Å². The first-order valence-electron chi connectivity index (χ1n) is 10.4. The van der Waals surface area contributed by atoms with Crippen LogP contribution < -0.4 is 15.4 Å². The topological polar surface area (TPSA) is 77.3 Å². The standard InChI is InChI=1S/C23H29N3O4/c1-28-21-15-19(7-8-20(21)24)25-11-9-23(10-12-25)17-26(13-14-30-23)22(27)29-16-18-5-3-2-4-6-18/h2-8,15H,9-14,16-17,24H2,1H3. The molecule has 0 aliphatic carbocycles. The molecule has 7 nitrogen and oxygen atoms in total. The fourth-order valence-corrected chi connectivity index (χ4v) is 4.18. The lowest BCUT2D eigenvalue weighted by Crippen LogP contribution is -2.58. The third-order valence-electron chi connectivity index (χ3n) is 5.97. The van der Waals surface area contributed by atoms with Crippen molar-refractivity contribution in [3.63, 3.8) is 0 Å². The number of piperidine rings is 1. The Kier molecular flexibility index (Phi) is 5.99. The second kappa shape index (κ2) is 8.83. The van der Waals surface area contributed by atoms with E-state index >= 15 is 0 Å². The van der Waals surface area contributed by atoms with Crippen molar-refractivity contribution in [1.82, 2.24) is 4.90 Å². The number of nitrogen functional groups attached to an aromatic ring is 1. The maximum Gasteiger partial charge on any atom is 0.410 e. The number of benzene rings is 2. The SMILES string of the molecule is COc1cc(N2CCC3(CC2)CN(C(=O)OCc2ccccc2)CCO3)ccc1N. The van der Waals surface area contributed by atoms with E-state index in [9.17, 15) is 4.79 Å². The minimum atomic E-state index is -0.307. The first kappa shape index (κ1) is 20.3. The van der Waals surface area contributed by atoms with E-state index < -0.39 is 0 Å². The summed E-state index contributed by atoms with van der Waals surface area (Å²) in [5, 5.41) is 0. The molecule has 2 fully saturated rings. The average Bonchev–Trinajstić information content (AvgIpc) is 2.79. The zero-order valence-corrected chi connectivity index (χ0v) is 17.4. The molecule has 2 aliphatic heterocycles. The molecule has 4 rings (SSSR count). The Labute approximate surface area is 177 Å². The molecule has 0 atom stereocenters. The number of hydrogen-bond acceptors (Lipinski definition) is 6. The van der Waals surface area contributed by atoms with E-state index in [0.717, 1.165) is 37.2 Å². The Morgan fingerprint density at radius 3 is 2.63 bits per heavy atom. The molecular formula is C23H29N3O4. The van der Waals surface area contributed by atoms with E-state index in [4.69, 9.17) is 19.9 Å². The van der Waals surface area contributed by atoms with Crippen molar-refractivity contribution in [2.24, 2.45) is 0 Å². The molecule has 2 heterocycles. The summed E-state index contributed by atoms with van der Waals surface area (Å²) < 4.78 is 17.0. The number of carbonyl (C=O) groups excluding carboxylic acids is 1. The van der Waals surface area contributed by atoms with Crippen LogP contribution in [0.1, 0.15) is 18.4 Å². The summed E-state index contributed by atoms with van der Waals surface area (Å²) in [5.41, 5.74) is 8.34. The number of amides is 1. The number of morpholine rings is 1. The van der Waals surface area contributed by atoms with Gasteiger partial charge >= 0.3 is 6.09 Å².